The van der Waals surface area contributed by atoms with Gasteiger partial charge < -0.3 is 9.57 Å². The quantitative estimate of drug-likeness (QED) is 0.478. The molecule has 0 saturated heterocycles. The van der Waals surface area contributed by atoms with Crippen LogP contribution >= 0.6 is 0 Å². The van der Waals surface area contributed by atoms with Crippen LogP contribution in [0.2, 0.25) is 0 Å². The molecule has 1 unspecified atom stereocenters. The van der Waals surface area contributed by atoms with Crippen LogP contribution in [0.15, 0.2) is 5.16 Å². The second-order valence-electron chi connectivity index (χ2n) is 1.94. The van der Waals surface area contributed by atoms with Crippen LogP contribution in [0, 0.1) is 0 Å². The normalized spacial score (nSPS) is 32.4. The summed E-state index contributed by atoms with van der Waals surface area (Å²) in [5.41, 5.74) is 0. The van der Waals surface area contributed by atoms with Crippen molar-refractivity contribution in [1.82, 2.24) is 0 Å². The first-order chi connectivity index (χ1) is 4.16. The Bertz CT molecular complexity index is 166. The SMILES string of the molecule is CC1=NOC(C)(C=O)O1. The topological polar surface area (TPSA) is 47.9 Å². The largest absolute Gasteiger partial charge is 0.428 e. The van der Waals surface area contributed by atoms with Gasteiger partial charge in [-0.05, 0) is 5.16 Å². The smallest absolute Gasteiger partial charge is 0.330 e. The van der Waals surface area contributed by atoms with Crippen molar-refractivity contribution in [3.8, 4) is 0 Å². The van der Waals surface area contributed by atoms with E-state index in [0.717, 1.165) is 0 Å². The van der Waals surface area contributed by atoms with Gasteiger partial charge in [0.2, 0.25) is 12.2 Å². The summed E-state index contributed by atoms with van der Waals surface area (Å²) in [5.74, 6) is -0.797. The lowest BCUT2D eigenvalue weighted by molar-refractivity contribution is -0.161. The van der Waals surface area contributed by atoms with Crippen LogP contribution in [0.4, 0.5) is 0 Å². The molecule has 0 spiro atoms. The minimum atomic E-state index is -1.18. The van der Waals surface area contributed by atoms with Crippen LogP contribution in [0.3, 0.4) is 0 Å². The number of carbonyl (C=O) groups is 1. The van der Waals surface area contributed by atoms with E-state index in [1.165, 1.54) is 6.92 Å². The van der Waals surface area contributed by atoms with Crippen molar-refractivity contribution < 1.29 is 14.4 Å². The summed E-state index contributed by atoms with van der Waals surface area (Å²) in [6.45, 7) is 3.12. The lowest BCUT2D eigenvalue weighted by Gasteiger charge is -2.11. The van der Waals surface area contributed by atoms with Gasteiger partial charge in [-0.2, -0.15) is 0 Å². The molecule has 0 bridgehead atoms. The summed E-state index contributed by atoms with van der Waals surface area (Å²) in [7, 11) is 0. The molecule has 1 atom stereocenters. The van der Waals surface area contributed by atoms with Gasteiger partial charge in [0.05, 0.1) is 0 Å². The van der Waals surface area contributed by atoms with Crippen LogP contribution in [0.25, 0.3) is 0 Å². The number of carbonyl (C=O) groups excluding carboxylic acids is 1. The van der Waals surface area contributed by atoms with E-state index in [4.69, 9.17) is 4.74 Å². The highest BCUT2D eigenvalue weighted by atomic mass is 16.8. The summed E-state index contributed by atoms with van der Waals surface area (Å²) in [6, 6.07) is 0. The monoisotopic (exact) mass is 129 g/mol. The molecule has 1 aliphatic rings. The Labute approximate surface area is 52.4 Å². The molecule has 0 aromatic heterocycles. The third-order valence-electron chi connectivity index (χ3n) is 0.920. The van der Waals surface area contributed by atoms with Crippen LogP contribution in [0.5, 0.6) is 0 Å². The molecule has 0 fully saturated rings. The lowest BCUT2D eigenvalue weighted by Crippen LogP contribution is -2.28. The average molecular weight is 129 g/mol. The van der Waals surface area contributed by atoms with E-state index in [1.54, 1.807) is 6.92 Å². The zero-order valence-electron chi connectivity index (χ0n) is 5.25. The van der Waals surface area contributed by atoms with Gasteiger partial charge in [-0.3, -0.25) is 4.79 Å². The number of aldehydes is 1. The first-order valence-corrected chi connectivity index (χ1v) is 2.54. The molecule has 1 rings (SSSR count). The van der Waals surface area contributed by atoms with E-state index in [9.17, 15) is 4.79 Å². The van der Waals surface area contributed by atoms with Crippen LogP contribution in [-0.4, -0.2) is 18.0 Å². The Hall–Kier alpha value is -1.06. The third kappa shape index (κ3) is 1.01. The lowest BCUT2D eigenvalue weighted by atomic mass is 10.4. The molecule has 0 aromatic rings. The molecule has 0 aliphatic carbocycles. The van der Waals surface area contributed by atoms with E-state index in [1.807, 2.05) is 0 Å². The summed E-state index contributed by atoms with van der Waals surface area (Å²) in [6.07, 6.45) is 0.562. The molecular formula is C5H7NO3. The molecule has 0 saturated carbocycles. The molecule has 1 aliphatic heterocycles. The van der Waals surface area contributed by atoms with Crippen molar-refractivity contribution in [3.05, 3.63) is 0 Å². The minimum absolute atomic E-state index is 0.379. The first-order valence-electron chi connectivity index (χ1n) is 2.54. The maximum absolute atomic E-state index is 10.2. The zero-order valence-corrected chi connectivity index (χ0v) is 5.25. The maximum Gasteiger partial charge on any atom is 0.330 e. The van der Waals surface area contributed by atoms with Crippen LogP contribution in [-0.2, 0) is 14.4 Å². The van der Waals surface area contributed by atoms with Gasteiger partial charge in [0.25, 0.3) is 0 Å². The predicted molar refractivity (Wildman–Crippen MR) is 29.7 cm³/mol. The predicted octanol–water partition coefficient (Wildman–Crippen LogP) is 0.282. The number of rotatable bonds is 1. The second-order valence-corrected chi connectivity index (χ2v) is 1.94. The summed E-state index contributed by atoms with van der Waals surface area (Å²) >= 11 is 0. The molecule has 0 N–H and O–H groups in total. The highest BCUT2D eigenvalue weighted by Gasteiger charge is 2.33. The Kier molecular flexibility index (Phi) is 1.16. The summed E-state index contributed by atoms with van der Waals surface area (Å²) in [5, 5.41) is 3.42. The van der Waals surface area contributed by atoms with Crippen molar-refractivity contribution in [3.63, 3.8) is 0 Å². The van der Waals surface area contributed by atoms with E-state index in [0.29, 0.717) is 12.2 Å². The van der Waals surface area contributed by atoms with Crippen molar-refractivity contribution in [1.29, 1.82) is 0 Å². The fraction of sp³-hybridized carbons (Fsp3) is 0.600. The molecule has 9 heavy (non-hydrogen) atoms. The highest BCUT2D eigenvalue weighted by Crippen LogP contribution is 2.16. The maximum atomic E-state index is 10.2. The average Bonchev–Trinajstić information content (AvgIpc) is 2.13. The standard InChI is InChI=1S/C5H7NO3/c1-4-6-9-5(2,3-7)8-4/h3H,1-2H3. The Balaban J connectivity index is 2.63. The first kappa shape index (κ1) is 6.07. The van der Waals surface area contributed by atoms with Crippen molar-refractivity contribution in [2.75, 3.05) is 0 Å². The van der Waals surface area contributed by atoms with Gasteiger partial charge in [0.1, 0.15) is 0 Å². The van der Waals surface area contributed by atoms with Crippen LogP contribution in [0.1, 0.15) is 13.8 Å². The number of nitrogens with zero attached hydrogens (tertiary/aromatic N) is 1. The third-order valence-corrected chi connectivity index (χ3v) is 0.920. The van der Waals surface area contributed by atoms with E-state index in [2.05, 4.69) is 9.99 Å². The molecule has 4 nitrogen and oxygen atoms in total. The molecule has 0 aromatic carbocycles. The molecule has 0 amide bonds. The summed E-state index contributed by atoms with van der Waals surface area (Å²) < 4.78 is 4.86. The molecule has 4 heteroatoms. The van der Waals surface area contributed by atoms with Crippen molar-refractivity contribution in [2.24, 2.45) is 5.16 Å². The molecule has 0 radical (unpaired) electrons. The van der Waals surface area contributed by atoms with E-state index >= 15 is 0 Å². The minimum Gasteiger partial charge on any atom is -0.428 e. The number of ether oxygens (including phenoxy) is 1. The van der Waals surface area contributed by atoms with Gasteiger partial charge in [-0.15, -0.1) is 0 Å². The number of hydrogen-bond acceptors (Lipinski definition) is 4. The Morgan fingerprint density at radius 2 is 2.44 bits per heavy atom. The fourth-order valence-corrected chi connectivity index (χ4v) is 0.531. The highest BCUT2D eigenvalue weighted by molar-refractivity contribution is 5.77. The van der Waals surface area contributed by atoms with Gasteiger partial charge >= 0.3 is 5.79 Å². The van der Waals surface area contributed by atoms with Crippen molar-refractivity contribution >= 4 is 12.2 Å². The van der Waals surface area contributed by atoms with E-state index in [-0.39, 0.29) is 0 Å². The van der Waals surface area contributed by atoms with Gasteiger partial charge in [-0.1, -0.05) is 0 Å². The van der Waals surface area contributed by atoms with Gasteiger partial charge in [-0.25, -0.2) is 0 Å². The Morgan fingerprint density at radius 3 is 2.67 bits per heavy atom. The fourth-order valence-electron chi connectivity index (χ4n) is 0.531. The van der Waals surface area contributed by atoms with Gasteiger partial charge in [0.15, 0.2) is 0 Å². The molecular weight excluding hydrogens is 122 g/mol. The van der Waals surface area contributed by atoms with Crippen LogP contribution < -0.4 is 0 Å². The Morgan fingerprint density at radius 1 is 1.78 bits per heavy atom. The van der Waals surface area contributed by atoms with Crippen molar-refractivity contribution in [2.45, 2.75) is 19.6 Å². The number of oxime groups is 1. The van der Waals surface area contributed by atoms with Gasteiger partial charge in [0, 0.05) is 13.8 Å². The molecule has 1 heterocycles. The number of hydrogen-bond donors (Lipinski definition) is 0. The second kappa shape index (κ2) is 1.72. The van der Waals surface area contributed by atoms with E-state index < -0.39 is 5.79 Å². The zero-order chi connectivity index (χ0) is 6.91. The summed E-state index contributed by atoms with van der Waals surface area (Å²) in [4.78, 5) is 14.8. The molecule has 50 valence electrons.